The van der Waals surface area contributed by atoms with Crippen molar-refractivity contribution in [3.63, 3.8) is 0 Å². The van der Waals surface area contributed by atoms with Gasteiger partial charge in [-0.2, -0.15) is 9.57 Å². The number of hydrogen-bond donors (Lipinski definition) is 2. The van der Waals surface area contributed by atoms with Crippen LogP contribution in [-0.2, 0) is 26.0 Å². The van der Waals surface area contributed by atoms with Crippen molar-refractivity contribution in [3.05, 3.63) is 87.9 Å². The van der Waals surface area contributed by atoms with E-state index in [1.165, 1.54) is 18.2 Å². The van der Waals surface area contributed by atoms with Gasteiger partial charge in [-0.1, -0.05) is 47.5 Å². The first-order chi connectivity index (χ1) is 21.1. The minimum Gasteiger partial charge on any atom is -0.480 e. The maximum atomic E-state index is 13.3. The van der Waals surface area contributed by atoms with E-state index in [0.717, 1.165) is 41.9 Å². The molecule has 3 aromatic carbocycles. The number of nitrogens with one attached hydrogen (secondary N) is 1. The summed E-state index contributed by atoms with van der Waals surface area (Å²) in [4.78, 5) is 29.7. The lowest BCUT2D eigenvalue weighted by molar-refractivity contribution is -0.142. The van der Waals surface area contributed by atoms with Gasteiger partial charge in [-0.15, -0.1) is 0 Å². The van der Waals surface area contributed by atoms with E-state index < -0.39 is 34.0 Å². The first kappa shape index (κ1) is 31.6. The summed E-state index contributed by atoms with van der Waals surface area (Å²) in [6, 6.07) is 19.0. The number of carbonyl (C=O) groups is 2. The molecular weight excluding hydrogens is 625 g/mol. The van der Waals surface area contributed by atoms with E-state index in [-0.39, 0.29) is 34.3 Å². The van der Waals surface area contributed by atoms with Crippen molar-refractivity contribution < 1.29 is 23.1 Å². The van der Waals surface area contributed by atoms with Gasteiger partial charge in [0.2, 0.25) is 15.9 Å². The molecule has 2 saturated heterocycles. The molecule has 5 rings (SSSR count). The van der Waals surface area contributed by atoms with E-state index in [9.17, 15) is 28.4 Å². The number of anilines is 2. The molecule has 1 amide bonds. The second-order valence-electron chi connectivity index (χ2n) is 10.8. The second-order valence-corrected chi connectivity index (χ2v) is 13.5. The highest BCUT2D eigenvalue weighted by Gasteiger charge is 2.40. The third-order valence-electron chi connectivity index (χ3n) is 7.95. The summed E-state index contributed by atoms with van der Waals surface area (Å²) in [5.41, 5.74) is 3.29. The van der Waals surface area contributed by atoms with E-state index in [1.807, 2.05) is 48.5 Å². The van der Waals surface area contributed by atoms with Crippen molar-refractivity contribution in [1.82, 2.24) is 9.62 Å². The van der Waals surface area contributed by atoms with E-state index >= 15 is 0 Å². The fraction of sp³-hybridized carbons (Fsp3) is 0.323. The minimum atomic E-state index is -4.10. The lowest BCUT2D eigenvalue weighted by atomic mass is 10.0. The predicted molar refractivity (Wildman–Crippen MR) is 169 cm³/mol. The first-order valence-corrected chi connectivity index (χ1v) is 16.4. The number of carboxylic acid groups (broad SMARTS) is 1. The Bertz CT molecular complexity index is 1670. The number of nitriles is 1. The molecule has 2 aliphatic rings. The average Bonchev–Trinajstić information content (AvgIpc) is 3.52. The Hall–Kier alpha value is -3.82. The van der Waals surface area contributed by atoms with Crippen LogP contribution in [-0.4, -0.2) is 74.5 Å². The maximum Gasteiger partial charge on any atom is 0.326 e. The molecule has 2 aliphatic heterocycles. The molecular formula is C31H31Cl2N5O5S. The lowest BCUT2D eigenvalue weighted by Crippen LogP contribution is -2.51. The normalized spacial score (nSPS) is 18.1. The summed E-state index contributed by atoms with van der Waals surface area (Å²) in [6.07, 6.45) is 0.739. The molecule has 0 spiro atoms. The van der Waals surface area contributed by atoms with Crippen molar-refractivity contribution in [2.75, 3.05) is 42.5 Å². The van der Waals surface area contributed by atoms with E-state index in [2.05, 4.69) is 21.2 Å². The van der Waals surface area contributed by atoms with Gasteiger partial charge in [-0.25, -0.2) is 13.2 Å². The number of rotatable bonds is 9. The molecule has 0 unspecified atom stereocenters. The highest BCUT2D eigenvalue weighted by molar-refractivity contribution is 7.89. The Labute approximate surface area is 266 Å². The van der Waals surface area contributed by atoms with E-state index in [4.69, 9.17) is 23.2 Å². The van der Waals surface area contributed by atoms with Crippen LogP contribution in [0.15, 0.2) is 71.6 Å². The summed E-state index contributed by atoms with van der Waals surface area (Å²) >= 11 is 12.0. The number of sulfonamides is 1. The van der Waals surface area contributed by atoms with Crippen molar-refractivity contribution in [3.8, 4) is 6.07 Å². The zero-order valence-electron chi connectivity index (χ0n) is 23.7. The van der Waals surface area contributed by atoms with Crippen LogP contribution in [0.25, 0.3) is 0 Å². The Morgan fingerprint density at radius 1 is 0.955 bits per heavy atom. The zero-order valence-corrected chi connectivity index (χ0v) is 26.0. The van der Waals surface area contributed by atoms with Crippen LogP contribution < -0.4 is 15.1 Å². The van der Waals surface area contributed by atoms with Crippen molar-refractivity contribution in [2.45, 2.75) is 36.2 Å². The van der Waals surface area contributed by atoms with Gasteiger partial charge in [0.1, 0.15) is 18.2 Å². The summed E-state index contributed by atoms with van der Waals surface area (Å²) in [5.74, 6) is -1.88. The van der Waals surface area contributed by atoms with E-state index in [1.54, 1.807) is 0 Å². The Kier molecular flexibility index (Phi) is 9.65. The topological polar surface area (TPSA) is 134 Å². The van der Waals surface area contributed by atoms with Gasteiger partial charge in [0, 0.05) is 54.9 Å². The molecule has 2 N–H and O–H groups in total. The second kappa shape index (κ2) is 13.4. The Balaban J connectivity index is 1.21. The average molecular weight is 657 g/mol. The number of para-hydroxylation sites is 1. The molecule has 10 nitrogen and oxygen atoms in total. The molecule has 2 heterocycles. The lowest BCUT2D eigenvalue weighted by Gasteiger charge is -2.37. The monoisotopic (exact) mass is 655 g/mol. The van der Waals surface area contributed by atoms with Crippen LogP contribution >= 0.6 is 23.2 Å². The summed E-state index contributed by atoms with van der Waals surface area (Å²) in [7, 11) is -4.10. The highest BCUT2D eigenvalue weighted by Crippen LogP contribution is 2.30. The highest BCUT2D eigenvalue weighted by atomic mass is 35.5. The van der Waals surface area contributed by atoms with Gasteiger partial charge >= 0.3 is 5.97 Å². The summed E-state index contributed by atoms with van der Waals surface area (Å²) < 4.78 is 27.8. The molecule has 230 valence electrons. The minimum absolute atomic E-state index is 0.0312. The van der Waals surface area contributed by atoms with Crippen LogP contribution in [0.2, 0.25) is 10.0 Å². The fourth-order valence-electron chi connectivity index (χ4n) is 5.70. The molecule has 0 bridgehead atoms. The summed E-state index contributed by atoms with van der Waals surface area (Å²) in [6.45, 7) is 3.14. The predicted octanol–water partition coefficient (Wildman–Crippen LogP) is 4.16. The number of carboxylic acids is 1. The van der Waals surface area contributed by atoms with Gasteiger partial charge < -0.3 is 20.2 Å². The van der Waals surface area contributed by atoms with Gasteiger partial charge in [0.05, 0.1) is 16.1 Å². The molecule has 2 fully saturated rings. The smallest absolute Gasteiger partial charge is 0.326 e. The van der Waals surface area contributed by atoms with Crippen molar-refractivity contribution in [1.29, 1.82) is 5.26 Å². The Morgan fingerprint density at radius 2 is 1.59 bits per heavy atom. The molecule has 13 heteroatoms. The molecule has 3 aromatic rings. The largest absolute Gasteiger partial charge is 0.480 e. The molecule has 0 aliphatic carbocycles. The third kappa shape index (κ3) is 6.94. The maximum absolute atomic E-state index is 13.3. The molecule has 44 heavy (non-hydrogen) atoms. The number of nitrogens with zero attached hydrogens (tertiary/aromatic N) is 4. The quantitative estimate of drug-likeness (QED) is 0.351. The fourth-order valence-corrected chi connectivity index (χ4v) is 8.08. The van der Waals surface area contributed by atoms with Crippen LogP contribution in [0.4, 0.5) is 11.4 Å². The zero-order chi connectivity index (χ0) is 31.4. The number of benzene rings is 3. The number of piperazine rings is 1. The van der Waals surface area contributed by atoms with Crippen LogP contribution in [0.1, 0.15) is 24.0 Å². The van der Waals surface area contributed by atoms with Crippen molar-refractivity contribution >= 4 is 56.5 Å². The van der Waals surface area contributed by atoms with Crippen LogP contribution in [0, 0.1) is 11.3 Å². The number of aliphatic carboxylic acids is 1. The third-order valence-corrected chi connectivity index (χ3v) is 10.3. The van der Waals surface area contributed by atoms with Gasteiger partial charge in [-0.05, 0) is 60.9 Å². The van der Waals surface area contributed by atoms with Crippen LogP contribution in [0.5, 0.6) is 0 Å². The standard InChI is InChI=1S/C31H31Cl2N5O5S/c32-23-17-24(33)19-26(18-23)44(42,43)38-11-3-6-29(38)30(39)35-27(31(40)41)16-21-7-9-25(10-8-21)36-12-14-37(15-13-36)28-5-2-1-4-22(28)20-34/h1-2,4-5,7-10,17-19,27,29H,3,6,11-16H2,(H,35,39)(H,40,41)/t27-,29-/m0/s1. The number of halogens is 2. The first-order valence-electron chi connectivity index (χ1n) is 14.2. The summed E-state index contributed by atoms with van der Waals surface area (Å²) in [5, 5.41) is 22.2. The van der Waals surface area contributed by atoms with Gasteiger partial charge in [0.25, 0.3) is 0 Å². The molecule has 2 atom stereocenters. The van der Waals surface area contributed by atoms with Gasteiger partial charge in [-0.3, -0.25) is 4.79 Å². The number of hydrogen-bond acceptors (Lipinski definition) is 7. The van der Waals surface area contributed by atoms with Crippen LogP contribution in [0.3, 0.4) is 0 Å². The number of amides is 1. The van der Waals surface area contributed by atoms with Gasteiger partial charge in [0.15, 0.2) is 0 Å². The molecule has 0 aromatic heterocycles. The SMILES string of the molecule is N#Cc1ccccc1N1CCN(c2ccc(C[C@H](NC(=O)[C@@H]3CCCN3S(=O)(=O)c3cc(Cl)cc(Cl)c3)C(=O)O)cc2)CC1. The van der Waals surface area contributed by atoms with E-state index in [0.29, 0.717) is 17.5 Å². The van der Waals surface area contributed by atoms with Crippen molar-refractivity contribution in [2.24, 2.45) is 0 Å². The molecule has 0 saturated carbocycles. The Morgan fingerprint density at radius 3 is 2.23 bits per heavy atom. The molecule has 0 radical (unpaired) electrons. The number of carbonyl (C=O) groups excluding carboxylic acids is 1.